The maximum absolute atomic E-state index is 12.7. The molecule has 9 heteroatoms. The second-order valence-electron chi connectivity index (χ2n) is 5.15. The highest BCUT2D eigenvalue weighted by atomic mass is 32.2. The zero-order valence-corrected chi connectivity index (χ0v) is 13.4. The zero-order chi connectivity index (χ0) is 15.8. The fourth-order valence-electron chi connectivity index (χ4n) is 2.41. The van der Waals surface area contributed by atoms with Crippen LogP contribution in [0.4, 0.5) is 0 Å². The molecule has 1 aromatic rings. The van der Waals surface area contributed by atoms with Crippen LogP contribution in [0.15, 0.2) is 35.2 Å². The first kappa shape index (κ1) is 16.4. The predicted molar refractivity (Wildman–Crippen MR) is 77.6 cm³/mol. The molecular weight excluding hydrogens is 316 g/mol. The molecule has 0 amide bonds. The lowest BCUT2D eigenvalue weighted by Gasteiger charge is -2.33. The fraction of sp³-hybridized carbons (Fsp3) is 0.500. The molecule has 0 saturated carbocycles. The Kier molecular flexibility index (Phi) is 4.41. The number of aliphatic hydroxyl groups is 1. The monoisotopic (exact) mass is 334 g/mol. The molecular formula is C12H18N2O5S2. The molecule has 1 heterocycles. The van der Waals surface area contributed by atoms with E-state index in [0.717, 1.165) is 4.41 Å². The van der Waals surface area contributed by atoms with Crippen molar-refractivity contribution in [2.45, 2.75) is 17.0 Å². The third-order valence-corrected chi connectivity index (χ3v) is 6.92. The molecule has 2 rings (SSSR count). The van der Waals surface area contributed by atoms with Gasteiger partial charge in [-0.2, -0.15) is 0 Å². The fourth-order valence-corrected chi connectivity index (χ4v) is 5.99. The van der Waals surface area contributed by atoms with E-state index >= 15 is 0 Å². The van der Waals surface area contributed by atoms with Crippen molar-refractivity contribution >= 4 is 19.9 Å². The summed E-state index contributed by atoms with van der Waals surface area (Å²) in [6, 6.07) is 6.71. The van der Waals surface area contributed by atoms with Gasteiger partial charge in [0.15, 0.2) is 9.84 Å². The smallest absolute Gasteiger partial charge is 0.256 e. The topological polar surface area (TPSA) is 95.0 Å². The quantitative estimate of drug-likeness (QED) is 0.733. The van der Waals surface area contributed by atoms with Crippen LogP contribution in [-0.2, 0) is 19.9 Å². The van der Waals surface area contributed by atoms with Crippen molar-refractivity contribution in [3.05, 3.63) is 30.3 Å². The summed E-state index contributed by atoms with van der Waals surface area (Å²) in [5.74, 6) is -0.815. The Balaban J connectivity index is 2.46. The highest BCUT2D eigenvalue weighted by molar-refractivity contribution is 7.92. The second kappa shape index (κ2) is 5.65. The highest BCUT2D eigenvalue weighted by Gasteiger charge is 2.45. The molecule has 1 aromatic carbocycles. The Morgan fingerprint density at radius 1 is 1.14 bits per heavy atom. The van der Waals surface area contributed by atoms with Gasteiger partial charge in [-0.25, -0.2) is 21.8 Å². The van der Waals surface area contributed by atoms with Crippen molar-refractivity contribution in [3.8, 4) is 0 Å². The molecule has 2 atom stereocenters. The molecule has 1 aliphatic rings. The number of hydrogen-bond acceptors (Lipinski definition) is 6. The highest BCUT2D eigenvalue weighted by Crippen LogP contribution is 2.25. The molecule has 0 unspecified atom stereocenters. The number of benzene rings is 1. The molecule has 7 nitrogen and oxygen atoms in total. The van der Waals surface area contributed by atoms with Gasteiger partial charge in [0.25, 0.3) is 10.0 Å². The van der Waals surface area contributed by atoms with Crippen LogP contribution in [0, 0.1) is 0 Å². The average molecular weight is 334 g/mol. The largest absolute Gasteiger partial charge is 0.390 e. The van der Waals surface area contributed by atoms with E-state index in [4.69, 9.17) is 0 Å². The van der Waals surface area contributed by atoms with E-state index in [1.165, 1.54) is 31.2 Å². The van der Waals surface area contributed by atoms with Gasteiger partial charge in [0, 0.05) is 14.1 Å². The predicted octanol–water partition coefficient (Wildman–Crippen LogP) is -0.688. The minimum atomic E-state index is -3.93. The first-order chi connectivity index (χ1) is 9.65. The van der Waals surface area contributed by atoms with Gasteiger partial charge in [-0.1, -0.05) is 18.2 Å². The van der Waals surface area contributed by atoms with Gasteiger partial charge in [0.2, 0.25) is 0 Å². The average Bonchev–Trinajstić information content (AvgIpc) is 2.63. The van der Waals surface area contributed by atoms with Crippen LogP contribution in [0.25, 0.3) is 0 Å². The van der Waals surface area contributed by atoms with E-state index in [2.05, 4.69) is 0 Å². The van der Waals surface area contributed by atoms with Crippen molar-refractivity contribution in [1.29, 1.82) is 0 Å². The van der Waals surface area contributed by atoms with Crippen LogP contribution in [0.5, 0.6) is 0 Å². The summed E-state index contributed by atoms with van der Waals surface area (Å²) >= 11 is 0. The standard InChI is InChI=1S/C12H18N2O5S2/c1-13(2)14(11-8-20(16,17)9-12(11)15)21(18,19)10-6-4-3-5-7-10/h3-7,11-12,15H,8-9H2,1-2H3/t11-,12-/m1/s1. The summed E-state index contributed by atoms with van der Waals surface area (Å²) in [6.07, 6.45) is -1.24. The van der Waals surface area contributed by atoms with Crippen molar-refractivity contribution < 1.29 is 21.9 Å². The lowest BCUT2D eigenvalue weighted by molar-refractivity contribution is 0.0272. The van der Waals surface area contributed by atoms with Crippen LogP contribution in [0.1, 0.15) is 0 Å². The van der Waals surface area contributed by atoms with Crippen LogP contribution < -0.4 is 0 Å². The van der Waals surface area contributed by atoms with Gasteiger partial charge >= 0.3 is 0 Å². The summed E-state index contributed by atoms with van der Waals surface area (Å²) in [4.78, 5) is 0.0511. The van der Waals surface area contributed by atoms with Crippen LogP contribution in [0.2, 0.25) is 0 Å². The maximum Gasteiger partial charge on any atom is 0.256 e. The maximum atomic E-state index is 12.7. The number of sulfone groups is 1. The summed E-state index contributed by atoms with van der Waals surface area (Å²) in [5.41, 5.74) is 0. The Morgan fingerprint density at radius 2 is 1.71 bits per heavy atom. The lowest BCUT2D eigenvalue weighted by atomic mass is 10.2. The molecule has 0 spiro atoms. The van der Waals surface area contributed by atoms with E-state index in [9.17, 15) is 21.9 Å². The number of sulfonamides is 1. The van der Waals surface area contributed by atoms with Crippen molar-refractivity contribution in [3.63, 3.8) is 0 Å². The van der Waals surface area contributed by atoms with Crippen molar-refractivity contribution in [2.75, 3.05) is 25.6 Å². The van der Waals surface area contributed by atoms with E-state index in [-0.39, 0.29) is 4.90 Å². The normalized spacial score (nSPS) is 25.6. The molecule has 1 fully saturated rings. The van der Waals surface area contributed by atoms with Crippen molar-refractivity contribution in [2.24, 2.45) is 0 Å². The second-order valence-corrected chi connectivity index (χ2v) is 9.10. The number of hydrogen-bond donors (Lipinski definition) is 1. The first-order valence-corrected chi connectivity index (χ1v) is 9.56. The molecule has 21 heavy (non-hydrogen) atoms. The first-order valence-electron chi connectivity index (χ1n) is 6.30. The van der Waals surface area contributed by atoms with Crippen molar-refractivity contribution in [1.82, 2.24) is 9.42 Å². The Hall–Kier alpha value is -1.00. The third-order valence-electron chi connectivity index (χ3n) is 3.26. The SMILES string of the molecule is CN(C)N([C@@H]1CS(=O)(=O)C[C@H]1O)S(=O)(=O)c1ccccc1. The Bertz CT molecular complexity index is 700. The molecule has 0 aliphatic carbocycles. The molecule has 1 N–H and O–H groups in total. The van der Waals surface area contributed by atoms with E-state index in [1.807, 2.05) is 0 Å². The molecule has 1 saturated heterocycles. The minimum absolute atomic E-state index is 0.0511. The van der Waals surface area contributed by atoms with Gasteiger partial charge in [-0.15, -0.1) is 4.41 Å². The van der Waals surface area contributed by atoms with Crippen LogP contribution in [-0.4, -0.2) is 69.1 Å². The number of rotatable bonds is 4. The number of nitrogens with zero attached hydrogens (tertiary/aromatic N) is 2. The summed E-state index contributed by atoms with van der Waals surface area (Å²) in [5, 5.41) is 11.2. The van der Waals surface area contributed by atoms with Gasteiger partial charge in [-0.05, 0) is 12.1 Å². The molecule has 0 bridgehead atoms. The van der Waals surface area contributed by atoms with Gasteiger partial charge in [0.1, 0.15) is 0 Å². The third kappa shape index (κ3) is 3.27. The van der Waals surface area contributed by atoms with Crippen LogP contribution >= 0.6 is 0 Å². The van der Waals surface area contributed by atoms with E-state index < -0.39 is 43.5 Å². The lowest BCUT2D eigenvalue weighted by Crippen LogP contribution is -2.53. The molecule has 1 aliphatic heterocycles. The summed E-state index contributed by atoms with van der Waals surface area (Å²) < 4.78 is 49.6. The minimum Gasteiger partial charge on any atom is -0.390 e. The van der Waals surface area contributed by atoms with Gasteiger partial charge in [-0.3, -0.25) is 0 Å². The number of hydrazine groups is 1. The Morgan fingerprint density at radius 3 is 2.14 bits per heavy atom. The Labute approximate surface area is 124 Å². The molecule has 118 valence electrons. The van der Waals surface area contributed by atoms with E-state index in [1.54, 1.807) is 18.2 Å². The molecule has 0 radical (unpaired) electrons. The van der Waals surface area contributed by atoms with Crippen LogP contribution in [0.3, 0.4) is 0 Å². The zero-order valence-electron chi connectivity index (χ0n) is 11.7. The van der Waals surface area contributed by atoms with E-state index in [0.29, 0.717) is 0 Å². The van der Waals surface area contributed by atoms with Gasteiger partial charge in [0.05, 0.1) is 28.5 Å². The number of aliphatic hydroxyl groups excluding tert-OH is 1. The summed E-state index contributed by atoms with van der Waals surface area (Å²) in [6.45, 7) is 0. The summed E-state index contributed by atoms with van der Waals surface area (Å²) in [7, 11) is -4.38. The van der Waals surface area contributed by atoms with Gasteiger partial charge < -0.3 is 5.11 Å². The molecule has 0 aromatic heterocycles.